The monoisotopic (exact) mass is 354 g/mol. The van der Waals surface area contributed by atoms with Crippen LogP contribution in [0.15, 0.2) is 16.6 Å². The van der Waals surface area contributed by atoms with Crippen molar-refractivity contribution in [3.8, 4) is 0 Å². The lowest BCUT2D eigenvalue weighted by molar-refractivity contribution is -0.109. The topological polar surface area (TPSA) is 57.5 Å². The van der Waals surface area contributed by atoms with Crippen LogP contribution in [0.5, 0.6) is 0 Å². The van der Waals surface area contributed by atoms with Crippen molar-refractivity contribution in [1.82, 2.24) is 0 Å². The van der Waals surface area contributed by atoms with E-state index in [0.29, 0.717) is 5.75 Å². The molecule has 0 aliphatic carbocycles. The minimum Gasteiger partial charge on any atom is -0.390 e. The Hall–Kier alpha value is -0.500. The molecule has 19 heavy (non-hydrogen) atoms. The number of aliphatic hydroxyl groups excluding tert-OH is 2. The summed E-state index contributed by atoms with van der Waals surface area (Å²) in [5, 5.41) is 19.4. The fraction of sp³-hybridized carbons (Fsp3) is 0.417. The molecule has 7 heteroatoms. The van der Waals surface area contributed by atoms with Crippen molar-refractivity contribution < 1.29 is 23.8 Å². The van der Waals surface area contributed by atoms with Crippen molar-refractivity contribution in [1.29, 1.82) is 0 Å². The molecule has 2 atom stereocenters. The molecule has 106 valence electrons. The molecule has 1 aromatic carbocycles. The molecule has 0 radical (unpaired) electrons. The molecule has 0 spiro atoms. The van der Waals surface area contributed by atoms with Crippen LogP contribution in [0.2, 0.25) is 0 Å². The number of hydrogen-bond acceptors (Lipinski definition) is 4. The minimum atomic E-state index is -1.53. The Labute approximate surface area is 122 Å². The molecule has 0 heterocycles. The summed E-state index contributed by atoms with van der Waals surface area (Å²) in [6, 6.07) is 1.73. The van der Waals surface area contributed by atoms with E-state index >= 15 is 0 Å². The Morgan fingerprint density at radius 2 is 2.00 bits per heavy atom. The average molecular weight is 355 g/mol. The fourth-order valence-electron chi connectivity index (χ4n) is 1.45. The summed E-state index contributed by atoms with van der Waals surface area (Å²) >= 11 is 3.82. The van der Waals surface area contributed by atoms with Crippen LogP contribution in [-0.2, 0) is 4.79 Å². The number of carbonyl (C=O) groups excluding carboxylic acids is 1. The Morgan fingerprint density at radius 3 is 2.58 bits per heavy atom. The van der Waals surface area contributed by atoms with Crippen LogP contribution in [0.25, 0.3) is 0 Å². The fourth-order valence-corrected chi connectivity index (χ4v) is 2.42. The lowest BCUT2D eigenvalue weighted by Crippen LogP contribution is -2.20. The van der Waals surface area contributed by atoms with Gasteiger partial charge in [-0.15, -0.1) is 0 Å². The molecule has 0 saturated heterocycles. The van der Waals surface area contributed by atoms with Gasteiger partial charge in [-0.05, 0) is 34.5 Å². The van der Waals surface area contributed by atoms with Gasteiger partial charge in [-0.25, -0.2) is 8.78 Å². The van der Waals surface area contributed by atoms with E-state index in [4.69, 9.17) is 0 Å². The lowest BCUT2D eigenvalue weighted by Gasteiger charge is -2.18. The largest absolute Gasteiger partial charge is 0.390 e. The standard InChI is InChI=1S/C12H13BrF2O3S/c1-6(16)19-3-2-11(17)12(18)7-4-10(15)8(13)5-9(7)14/h4-5,11-12,17-18H,2-3H2,1H3. The predicted octanol–water partition coefficient (Wildman–Crippen LogP) is 2.79. The van der Waals surface area contributed by atoms with Gasteiger partial charge >= 0.3 is 0 Å². The molecule has 0 saturated carbocycles. The molecular weight excluding hydrogens is 342 g/mol. The van der Waals surface area contributed by atoms with Gasteiger partial charge in [0.2, 0.25) is 0 Å². The smallest absolute Gasteiger partial charge is 0.185 e. The summed E-state index contributed by atoms with van der Waals surface area (Å²) in [6.07, 6.45) is -2.69. The Bertz CT molecular complexity index is 471. The summed E-state index contributed by atoms with van der Waals surface area (Å²) in [7, 11) is 0. The second-order valence-corrected chi connectivity index (χ2v) is 6.05. The molecule has 0 bridgehead atoms. The van der Waals surface area contributed by atoms with E-state index < -0.39 is 23.8 Å². The van der Waals surface area contributed by atoms with Crippen LogP contribution >= 0.6 is 27.7 Å². The molecule has 2 N–H and O–H groups in total. The first-order valence-corrected chi connectivity index (χ1v) is 7.24. The zero-order valence-electron chi connectivity index (χ0n) is 10.1. The Morgan fingerprint density at radius 1 is 1.37 bits per heavy atom. The van der Waals surface area contributed by atoms with Crippen molar-refractivity contribution in [3.63, 3.8) is 0 Å². The number of benzene rings is 1. The number of thioether (sulfide) groups is 1. The molecule has 0 fully saturated rings. The molecule has 1 aromatic rings. The van der Waals surface area contributed by atoms with Gasteiger partial charge < -0.3 is 10.2 Å². The maximum absolute atomic E-state index is 13.6. The van der Waals surface area contributed by atoms with Gasteiger partial charge in [0.05, 0.1) is 10.6 Å². The van der Waals surface area contributed by atoms with Crippen LogP contribution in [0.3, 0.4) is 0 Å². The first-order valence-electron chi connectivity index (χ1n) is 5.47. The summed E-state index contributed by atoms with van der Waals surface area (Å²) < 4.78 is 26.8. The number of halogens is 3. The molecule has 2 unspecified atom stereocenters. The van der Waals surface area contributed by atoms with Gasteiger partial charge in [-0.3, -0.25) is 4.79 Å². The number of hydrogen-bond donors (Lipinski definition) is 2. The maximum atomic E-state index is 13.6. The first kappa shape index (κ1) is 16.6. The first-order chi connectivity index (χ1) is 8.82. The molecule has 3 nitrogen and oxygen atoms in total. The van der Waals surface area contributed by atoms with Gasteiger partial charge in [-0.1, -0.05) is 11.8 Å². The van der Waals surface area contributed by atoms with E-state index in [9.17, 15) is 23.8 Å². The Kier molecular flexibility index (Phi) is 6.38. The highest BCUT2D eigenvalue weighted by molar-refractivity contribution is 9.10. The van der Waals surface area contributed by atoms with Crippen LogP contribution in [0.4, 0.5) is 8.78 Å². The zero-order valence-corrected chi connectivity index (χ0v) is 12.5. The summed E-state index contributed by atoms with van der Waals surface area (Å²) in [5.74, 6) is -1.23. The second-order valence-electron chi connectivity index (χ2n) is 3.93. The molecular formula is C12H13BrF2O3S. The van der Waals surface area contributed by atoms with Crippen molar-refractivity contribution in [3.05, 3.63) is 33.8 Å². The summed E-state index contributed by atoms with van der Waals surface area (Å²) in [4.78, 5) is 10.7. The Balaban J connectivity index is 2.73. The van der Waals surface area contributed by atoms with E-state index in [0.717, 1.165) is 23.9 Å². The number of carbonyl (C=O) groups is 1. The van der Waals surface area contributed by atoms with Crippen molar-refractivity contribution in [2.75, 3.05) is 5.75 Å². The highest BCUT2D eigenvalue weighted by atomic mass is 79.9. The second kappa shape index (κ2) is 7.33. The third-order valence-corrected chi connectivity index (χ3v) is 3.90. The van der Waals surface area contributed by atoms with Gasteiger partial charge in [0.25, 0.3) is 0 Å². The van der Waals surface area contributed by atoms with E-state index in [-0.39, 0.29) is 21.6 Å². The predicted molar refractivity (Wildman–Crippen MR) is 72.8 cm³/mol. The van der Waals surface area contributed by atoms with Crippen LogP contribution < -0.4 is 0 Å². The highest BCUT2D eigenvalue weighted by Gasteiger charge is 2.23. The third kappa shape index (κ3) is 4.83. The van der Waals surface area contributed by atoms with Gasteiger partial charge in [0.1, 0.15) is 17.7 Å². The van der Waals surface area contributed by atoms with E-state index in [1.54, 1.807) is 0 Å². The van der Waals surface area contributed by atoms with Gasteiger partial charge in [0.15, 0.2) is 5.12 Å². The van der Waals surface area contributed by atoms with E-state index in [2.05, 4.69) is 15.9 Å². The molecule has 0 aliphatic heterocycles. The SMILES string of the molecule is CC(=O)SCCC(O)C(O)c1cc(F)c(Br)cc1F. The minimum absolute atomic E-state index is 0.0532. The lowest BCUT2D eigenvalue weighted by atomic mass is 10.0. The zero-order chi connectivity index (χ0) is 14.6. The summed E-state index contributed by atoms with van der Waals surface area (Å²) in [6.45, 7) is 1.39. The van der Waals surface area contributed by atoms with Crippen LogP contribution in [0, 0.1) is 11.6 Å². The number of aliphatic hydroxyl groups is 2. The normalized spacial score (nSPS) is 14.2. The molecule has 0 amide bonds. The van der Waals surface area contributed by atoms with Gasteiger partial charge in [-0.2, -0.15) is 0 Å². The molecule has 1 rings (SSSR count). The highest BCUT2D eigenvalue weighted by Crippen LogP contribution is 2.27. The maximum Gasteiger partial charge on any atom is 0.185 e. The molecule has 0 aromatic heterocycles. The van der Waals surface area contributed by atoms with Crippen LogP contribution in [-0.4, -0.2) is 27.2 Å². The van der Waals surface area contributed by atoms with E-state index in [1.807, 2.05) is 0 Å². The average Bonchev–Trinajstić information content (AvgIpc) is 2.32. The van der Waals surface area contributed by atoms with Crippen molar-refractivity contribution in [2.24, 2.45) is 0 Å². The van der Waals surface area contributed by atoms with Crippen molar-refractivity contribution >= 4 is 32.8 Å². The summed E-state index contributed by atoms with van der Waals surface area (Å²) in [5.41, 5.74) is -0.305. The van der Waals surface area contributed by atoms with Gasteiger partial charge in [0, 0.05) is 18.2 Å². The van der Waals surface area contributed by atoms with Crippen LogP contribution in [0.1, 0.15) is 25.0 Å². The molecule has 0 aliphatic rings. The van der Waals surface area contributed by atoms with Crippen molar-refractivity contribution in [2.45, 2.75) is 25.6 Å². The third-order valence-electron chi connectivity index (χ3n) is 2.44. The number of rotatable bonds is 5. The quantitative estimate of drug-likeness (QED) is 0.798. The van der Waals surface area contributed by atoms with E-state index in [1.165, 1.54) is 6.92 Å².